The lowest BCUT2D eigenvalue weighted by atomic mass is 10.2. The predicted octanol–water partition coefficient (Wildman–Crippen LogP) is 3.47. The van der Waals surface area contributed by atoms with Gasteiger partial charge in [-0.05, 0) is 44.5 Å². The number of nitrogens with zero attached hydrogens (tertiary/aromatic N) is 4. The lowest BCUT2D eigenvalue weighted by Gasteiger charge is -2.08. The number of nitrogens with one attached hydrogen (secondary N) is 1. The first-order valence-electron chi connectivity index (χ1n) is 6.92. The van der Waals surface area contributed by atoms with Crippen molar-refractivity contribution in [2.45, 2.75) is 20.8 Å². The molecule has 0 bridgehead atoms. The van der Waals surface area contributed by atoms with Gasteiger partial charge in [0.2, 0.25) is 0 Å². The van der Waals surface area contributed by atoms with E-state index in [1.165, 1.54) is 12.4 Å². The maximum absolute atomic E-state index is 13.6. The van der Waals surface area contributed by atoms with Gasteiger partial charge in [0.15, 0.2) is 5.82 Å². The highest BCUT2D eigenvalue weighted by atomic mass is 19.1. The van der Waals surface area contributed by atoms with Gasteiger partial charge >= 0.3 is 0 Å². The van der Waals surface area contributed by atoms with E-state index in [2.05, 4.69) is 20.4 Å². The summed E-state index contributed by atoms with van der Waals surface area (Å²) >= 11 is 0. The molecule has 3 rings (SSSR count). The maximum Gasteiger partial charge on any atom is 0.159 e. The highest BCUT2D eigenvalue weighted by Gasteiger charge is 2.07. The van der Waals surface area contributed by atoms with Crippen LogP contribution in [0.15, 0.2) is 36.7 Å². The third kappa shape index (κ3) is 2.81. The molecule has 1 N–H and O–H groups in total. The highest BCUT2D eigenvalue weighted by Crippen LogP contribution is 2.19. The largest absolute Gasteiger partial charge is 0.340 e. The topological polar surface area (TPSA) is 55.6 Å². The number of rotatable bonds is 3. The number of halogens is 1. The predicted molar refractivity (Wildman–Crippen MR) is 83.0 cm³/mol. The molecular formula is C16H16FN5. The van der Waals surface area contributed by atoms with Crippen LogP contribution in [0, 0.1) is 26.6 Å². The Morgan fingerprint density at radius 1 is 1.05 bits per heavy atom. The second kappa shape index (κ2) is 5.55. The molecule has 0 fully saturated rings. The Kier molecular flexibility index (Phi) is 3.58. The van der Waals surface area contributed by atoms with Crippen LogP contribution in [-0.4, -0.2) is 19.7 Å². The summed E-state index contributed by atoms with van der Waals surface area (Å²) in [6.07, 6.45) is 1.46. The smallest absolute Gasteiger partial charge is 0.159 e. The van der Waals surface area contributed by atoms with Gasteiger partial charge < -0.3 is 5.32 Å². The third-order valence-electron chi connectivity index (χ3n) is 3.32. The Hall–Kier alpha value is -2.76. The number of benzene rings is 1. The van der Waals surface area contributed by atoms with Gasteiger partial charge in [-0.1, -0.05) is 6.07 Å². The molecule has 2 aromatic heterocycles. The minimum absolute atomic E-state index is 0.252. The molecule has 2 heterocycles. The van der Waals surface area contributed by atoms with Crippen molar-refractivity contribution in [1.82, 2.24) is 19.7 Å². The van der Waals surface area contributed by atoms with Gasteiger partial charge in [-0.15, -0.1) is 0 Å². The quantitative estimate of drug-likeness (QED) is 0.804. The van der Waals surface area contributed by atoms with Gasteiger partial charge in [0, 0.05) is 17.4 Å². The molecule has 112 valence electrons. The van der Waals surface area contributed by atoms with Crippen LogP contribution in [0.1, 0.15) is 17.0 Å². The van der Waals surface area contributed by atoms with Crippen LogP contribution in [0.4, 0.5) is 15.9 Å². The lowest BCUT2D eigenvalue weighted by Crippen LogP contribution is -2.04. The fraction of sp³-hybridized carbons (Fsp3) is 0.188. The Balaban J connectivity index is 1.91. The Labute approximate surface area is 127 Å². The SMILES string of the molecule is Cc1cc(C)n(-c2cc(Nc3ccc(C)c(F)c3)ncn2)n1. The lowest BCUT2D eigenvalue weighted by molar-refractivity contribution is 0.619. The monoisotopic (exact) mass is 297 g/mol. The van der Waals surface area contributed by atoms with Crippen molar-refractivity contribution in [2.75, 3.05) is 5.32 Å². The first-order valence-corrected chi connectivity index (χ1v) is 6.92. The van der Waals surface area contributed by atoms with E-state index in [1.807, 2.05) is 26.0 Å². The average Bonchev–Trinajstić information content (AvgIpc) is 2.82. The molecule has 0 aliphatic heterocycles. The van der Waals surface area contributed by atoms with Crippen molar-refractivity contribution < 1.29 is 4.39 Å². The van der Waals surface area contributed by atoms with Crippen LogP contribution in [0.5, 0.6) is 0 Å². The summed E-state index contributed by atoms with van der Waals surface area (Å²) in [5.74, 6) is 0.995. The van der Waals surface area contributed by atoms with Gasteiger partial charge in [-0.2, -0.15) is 5.10 Å². The first-order chi connectivity index (χ1) is 10.5. The average molecular weight is 297 g/mol. The zero-order valence-electron chi connectivity index (χ0n) is 12.6. The zero-order chi connectivity index (χ0) is 15.7. The molecule has 0 spiro atoms. The fourth-order valence-corrected chi connectivity index (χ4v) is 2.21. The fourth-order valence-electron chi connectivity index (χ4n) is 2.21. The molecular weight excluding hydrogens is 281 g/mol. The van der Waals surface area contributed by atoms with Crippen LogP contribution in [0.25, 0.3) is 5.82 Å². The first kappa shape index (κ1) is 14.2. The molecule has 5 nitrogen and oxygen atoms in total. The number of aromatic nitrogens is 4. The Morgan fingerprint density at radius 3 is 2.55 bits per heavy atom. The third-order valence-corrected chi connectivity index (χ3v) is 3.32. The molecule has 0 unspecified atom stereocenters. The maximum atomic E-state index is 13.6. The van der Waals surface area contributed by atoms with E-state index < -0.39 is 0 Å². The summed E-state index contributed by atoms with van der Waals surface area (Å²) in [7, 11) is 0. The number of hydrogen-bond acceptors (Lipinski definition) is 4. The summed E-state index contributed by atoms with van der Waals surface area (Å²) in [6, 6.07) is 8.73. The van der Waals surface area contributed by atoms with Gasteiger partial charge in [0.25, 0.3) is 0 Å². The molecule has 0 saturated heterocycles. The summed E-state index contributed by atoms with van der Waals surface area (Å²) in [6.45, 7) is 5.62. The second-order valence-corrected chi connectivity index (χ2v) is 5.19. The molecule has 0 aliphatic rings. The standard InChI is InChI=1S/C16H16FN5/c1-10-4-5-13(7-14(10)17)20-15-8-16(19-9-18-15)22-12(3)6-11(2)21-22/h4-9H,1-3H3,(H,18,19,20). The van der Waals surface area contributed by atoms with E-state index in [1.54, 1.807) is 23.7 Å². The van der Waals surface area contributed by atoms with E-state index >= 15 is 0 Å². The van der Waals surface area contributed by atoms with Crippen molar-refractivity contribution in [3.63, 3.8) is 0 Å². The highest BCUT2D eigenvalue weighted by molar-refractivity contribution is 5.57. The van der Waals surface area contributed by atoms with Crippen molar-refractivity contribution in [3.05, 3.63) is 59.4 Å². The van der Waals surface area contributed by atoms with Crippen LogP contribution >= 0.6 is 0 Å². The van der Waals surface area contributed by atoms with Crippen molar-refractivity contribution >= 4 is 11.5 Å². The summed E-state index contributed by atoms with van der Waals surface area (Å²) in [5, 5.41) is 7.47. The van der Waals surface area contributed by atoms with Crippen molar-refractivity contribution in [3.8, 4) is 5.82 Å². The van der Waals surface area contributed by atoms with Gasteiger partial charge in [-0.25, -0.2) is 19.0 Å². The van der Waals surface area contributed by atoms with E-state index in [0.717, 1.165) is 11.4 Å². The summed E-state index contributed by atoms with van der Waals surface area (Å²) < 4.78 is 15.3. The van der Waals surface area contributed by atoms with E-state index in [4.69, 9.17) is 0 Å². The molecule has 0 atom stereocenters. The van der Waals surface area contributed by atoms with Crippen LogP contribution in [0.2, 0.25) is 0 Å². The molecule has 1 aromatic carbocycles. The zero-order valence-corrected chi connectivity index (χ0v) is 12.6. The second-order valence-electron chi connectivity index (χ2n) is 5.19. The van der Waals surface area contributed by atoms with E-state index in [9.17, 15) is 4.39 Å². The normalized spacial score (nSPS) is 10.7. The summed E-state index contributed by atoms with van der Waals surface area (Å²) in [4.78, 5) is 8.40. The van der Waals surface area contributed by atoms with Gasteiger partial charge in [0.1, 0.15) is 18.0 Å². The number of aryl methyl sites for hydroxylation is 3. The molecule has 22 heavy (non-hydrogen) atoms. The van der Waals surface area contributed by atoms with Gasteiger partial charge in [0.05, 0.1) is 5.69 Å². The Bertz CT molecular complexity index is 825. The number of hydrogen-bond donors (Lipinski definition) is 1. The van der Waals surface area contributed by atoms with Crippen LogP contribution < -0.4 is 5.32 Å². The molecule has 0 amide bonds. The molecule has 0 aliphatic carbocycles. The van der Waals surface area contributed by atoms with E-state index in [0.29, 0.717) is 22.9 Å². The molecule has 6 heteroatoms. The Morgan fingerprint density at radius 2 is 1.86 bits per heavy atom. The summed E-state index contributed by atoms with van der Waals surface area (Å²) in [5.41, 5.74) is 3.16. The minimum Gasteiger partial charge on any atom is -0.340 e. The van der Waals surface area contributed by atoms with Crippen molar-refractivity contribution in [2.24, 2.45) is 0 Å². The molecule has 0 radical (unpaired) electrons. The minimum atomic E-state index is -0.252. The molecule has 0 saturated carbocycles. The van der Waals surface area contributed by atoms with Crippen molar-refractivity contribution in [1.29, 1.82) is 0 Å². The molecule has 3 aromatic rings. The van der Waals surface area contributed by atoms with Crippen LogP contribution in [0.3, 0.4) is 0 Å². The van der Waals surface area contributed by atoms with Gasteiger partial charge in [-0.3, -0.25) is 0 Å². The van der Waals surface area contributed by atoms with Crippen LogP contribution in [-0.2, 0) is 0 Å². The number of anilines is 2. The van der Waals surface area contributed by atoms with E-state index in [-0.39, 0.29) is 5.82 Å².